The van der Waals surface area contributed by atoms with Gasteiger partial charge in [0, 0.05) is 33.4 Å². The minimum atomic E-state index is -2.75. The van der Waals surface area contributed by atoms with Crippen LogP contribution in [-0.4, -0.2) is 0 Å². The van der Waals surface area contributed by atoms with Crippen LogP contribution in [0.4, 0.5) is 105 Å². The maximum Gasteiger partial charge on any atom is 0.170 e. The second-order valence-electron chi connectivity index (χ2n) is 19.2. The molecule has 0 N–H and O–H groups in total. The van der Waals surface area contributed by atoms with Crippen molar-refractivity contribution in [2.24, 2.45) is 0 Å². The zero-order valence-corrected chi connectivity index (χ0v) is 42.5. The second kappa shape index (κ2) is 23.9. The molecule has 0 fully saturated rings. The number of rotatable bonds is 9. The van der Waals surface area contributed by atoms with Crippen molar-refractivity contribution in [2.45, 2.75) is 119 Å². The summed E-state index contributed by atoms with van der Waals surface area (Å²) in [5, 5.41) is 0. The average Bonchev–Trinajstić information content (AvgIpc) is 3.33. The van der Waals surface area contributed by atoms with E-state index in [9.17, 15) is 105 Å². The number of halogens is 24. The lowest BCUT2D eigenvalue weighted by Gasteiger charge is -2.18. The Hall–Kier alpha value is -6.36. The predicted octanol–water partition coefficient (Wildman–Crippen LogP) is 20.1. The summed E-state index contributed by atoms with van der Waals surface area (Å²) in [6.07, 6.45) is 0. The van der Waals surface area contributed by atoms with E-state index in [1.165, 1.54) is 55.4 Å². The molecule has 6 rings (SSSR count). The maximum atomic E-state index is 14.8. The Labute approximate surface area is 429 Å². The lowest BCUT2D eigenvalue weighted by Crippen LogP contribution is -2.13. The first kappa shape index (κ1) is 64.2. The Bertz CT molecular complexity index is 2960. The van der Waals surface area contributed by atoms with E-state index in [1.807, 2.05) is 0 Å². The van der Waals surface area contributed by atoms with Crippen LogP contribution in [0.25, 0.3) is 33.4 Å². The molecule has 0 saturated heterocycles. The Morgan fingerprint density at radius 1 is 0.128 bits per heavy atom. The van der Waals surface area contributed by atoms with Crippen molar-refractivity contribution in [1.29, 1.82) is 0 Å². The van der Waals surface area contributed by atoms with Gasteiger partial charge in [-0.2, -0.15) is 0 Å². The molecule has 0 radical (unpaired) electrons. The fourth-order valence-electron chi connectivity index (χ4n) is 8.25. The van der Waals surface area contributed by atoms with Gasteiger partial charge in [-0.3, -0.25) is 0 Å². The van der Waals surface area contributed by atoms with Crippen molar-refractivity contribution >= 4 is 0 Å². The van der Waals surface area contributed by atoms with E-state index in [1.54, 1.807) is 0 Å². The molecular formula is C54H42F24. The second-order valence-corrected chi connectivity index (χ2v) is 19.2. The van der Waals surface area contributed by atoms with Gasteiger partial charge in [0.1, 0.15) is 0 Å². The van der Waals surface area contributed by atoms with Gasteiger partial charge < -0.3 is 0 Å². The van der Waals surface area contributed by atoms with Crippen molar-refractivity contribution in [3.05, 3.63) is 173 Å². The largest absolute Gasteiger partial charge is 0.203 e. The third-order valence-corrected chi connectivity index (χ3v) is 12.0. The molecule has 426 valence electrons. The van der Waals surface area contributed by atoms with Crippen LogP contribution in [0.3, 0.4) is 0 Å². The third-order valence-electron chi connectivity index (χ3n) is 12.0. The van der Waals surface area contributed by atoms with Crippen molar-refractivity contribution in [2.75, 3.05) is 0 Å². The van der Waals surface area contributed by atoms with E-state index in [0.717, 1.165) is 27.7 Å². The van der Waals surface area contributed by atoms with Crippen molar-refractivity contribution in [1.82, 2.24) is 0 Å². The van der Waals surface area contributed by atoms with Crippen molar-refractivity contribution in [3.8, 4) is 33.4 Å². The first-order valence-electron chi connectivity index (χ1n) is 22.9. The topological polar surface area (TPSA) is 0 Å². The molecule has 0 atom stereocenters. The normalized spacial score (nSPS) is 11.8. The average molecular weight is 1150 g/mol. The summed E-state index contributed by atoms with van der Waals surface area (Å²) in [4.78, 5) is 0. The first-order chi connectivity index (χ1) is 35.8. The van der Waals surface area contributed by atoms with Gasteiger partial charge in [-0.1, -0.05) is 83.1 Å². The summed E-state index contributed by atoms with van der Waals surface area (Å²) in [7, 11) is 0. The molecule has 0 saturated carbocycles. The Morgan fingerprint density at radius 2 is 0.192 bits per heavy atom. The SMILES string of the molecule is CC(C)c1c(F)c(F)c(-c2c(F)c(F)c(-c3c(F)c(F)c(C(C)C)c(F)c3F)c(F)c2F)c(F)c1F.CC(C)c1c(F)c(F)c(-c2c(F)c(F)c(C(C)C)c(F)c2F)c(F)c1F.CC(C)c1c(F)c(F)c(C(C)C)c(F)c1F. The lowest BCUT2D eigenvalue weighted by atomic mass is 9.91. The van der Waals surface area contributed by atoms with Crippen LogP contribution in [0, 0.1) is 140 Å². The maximum absolute atomic E-state index is 14.8. The van der Waals surface area contributed by atoms with Gasteiger partial charge in [-0.15, -0.1) is 0 Å². The van der Waals surface area contributed by atoms with Crippen LogP contribution in [0.1, 0.15) is 152 Å². The fourth-order valence-corrected chi connectivity index (χ4v) is 8.25. The van der Waals surface area contributed by atoms with Gasteiger partial charge in [0.2, 0.25) is 0 Å². The molecule has 0 aromatic heterocycles. The smallest absolute Gasteiger partial charge is 0.170 e. The van der Waals surface area contributed by atoms with Gasteiger partial charge >= 0.3 is 0 Å². The van der Waals surface area contributed by atoms with E-state index in [0.29, 0.717) is 0 Å². The molecule has 0 nitrogen and oxygen atoms in total. The minimum absolute atomic E-state index is 0.528. The van der Waals surface area contributed by atoms with Gasteiger partial charge in [-0.25, -0.2) is 105 Å². The highest BCUT2D eigenvalue weighted by Gasteiger charge is 2.39. The molecule has 0 aliphatic heterocycles. The summed E-state index contributed by atoms with van der Waals surface area (Å²) >= 11 is 0. The van der Waals surface area contributed by atoms with Crippen LogP contribution < -0.4 is 0 Å². The highest BCUT2D eigenvalue weighted by Crippen LogP contribution is 2.45. The molecule has 0 unspecified atom stereocenters. The highest BCUT2D eigenvalue weighted by molar-refractivity contribution is 5.75. The minimum Gasteiger partial charge on any atom is -0.203 e. The lowest BCUT2D eigenvalue weighted by molar-refractivity contribution is 0.414. The molecule has 6 aromatic carbocycles. The van der Waals surface area contributed by atoms with Gasteiger partial charge in [-0.05, 0) is 35.5 Å². The zero-order valence-electron chi connectivity index (χ0n) is 42.5. The molecule has 6 aromatic rings. The standard InChI is InChI=1S/C24H14F12.C18H14F8.C12H14F4/c1-5(2)7-13(25)17(29)9(18(30)14(7)26)11-21(33)23(35)12(24(36)22(11)34)10-19(31)15(27)8(6(3)4)16(28)20(10)32;1-5(2)7-11(19)15(23)9(16(24)12(7)20)10-17(25)13(21)8(6(3)4)14(22)18(10)26;1-5(2)7-9(13)11(15)8(6(3)4)12(16)10(7)14/h5-6H,1-4H3;5-6H,1-4H3;5-6H,1-4H3. The molecule has 0 aliphatic rings. The van der Waals surface area contributed by atoms with E-state index >= 15 is 0 Å². The van der Waals surface area contributed by atoms with Crippen molar-refractivity contribution in [3.63, 3.8) is 0 Å². The van der Waals surface area contributed by atoms with E-state index in [2.05, 4.69) is 0 Å². The Balaban J connectivity index is 0.000000272. The molecule has 0 spiro atoms. The summed E-state index contributed by atoms with van der Waals surface area (Å²) in [6.45, 7) is 15.3. The number of benzene rings is 6. The molecule has 78 heavy (non-hydrogen) atoms. The van der Waals surface area contributed by atoms with Gasteiger partial charge in [0.05, 0.1) is 33.4 Å². The summed E-state index contributed by atoms with van der Waals surface area (Å²) < 4.78 is 343. The van der Waals surface area contributed by atoms with Crippen molar-refractivity contribution < 1.29 is 105 Å². The van der Waals surface area contributed by atoms with Crippen LogP contribution in [0.2, 0.25) is 0 Å². The van der Waals surface area contributed by atoms with Gasteiger partial charge in [0.15, 0.2) is 140 Å². The quantitative estimate of drug-likeness (QED) is 0.1000. The fraction of sp³-hybridized carbons (Fsp3) is 0.333. The number of hydrogen-bond donors (Lipinski definition) is 0. The van der Waals surface area contributed by atoms with Crippen LogP contribution in [0.15, 0.2) is 0 Å². The molecule has 0 aliphatic carbocycles. The molecular weight excluding hydrogens is 1100 g/mol. The zero-order chi connectivity index (χ0) is 60.2. The third kappa shape index (κ3) is 10.9. The molecule has 24 heteroatoms. The Kier molecular flexibility index (Phi) is 19.7. The molecule has 0 amide bonds. The molecule has 0 heterocycles. The van der Waals surface area contributed by atoms with E-state index < -0.39 is 242 Å². The number of hydrogen-bond acceptors (Lipinski definition) is 0. The van der Waals surface area contributed by atoms with E-state index in [-0.39, 0.29) is 0 Å². The summed E-state index contributed by atoms with van der Waals surface area (Å²) in [5.41, 5.74) is -18.0. The molecule has 0 bridgehead atoms. The van der Waals surface area contributed by atoms with Crippen LogP contribution in [-0.2, 0) is 0 Å². The summed E-state index contributed by atoms with van der Waals surface area (Å²) in [5.74, 6) is -55.9. The van der Waals surface area contributed by atoms with Gasteiger partial charge in [0.25, 0.3) is 0 Å². The van der Waals surface area contributed by atoms with Crippen LogP contribution in [0.5, 0.6) is 0 Å². The van der Waals surface area contributed by atoms with E-state index in [4.69, 9.17) is 0 Å². The first-order valence-corrected chi connectivity index (χ1v) is 22.9. The summed E-state index contributed by atoms with van der Waals surface area (Å²) in [6, 6.07) is 0. The predicted molar refractivity (Wildman–Crippen MR) is 239 cm³/mol. The Morgan fingerprint density at radius 3 is 0.269 bits per heavy atom. The monoisotopic (exact) mass is 1150 g/mol. The highest BCUT2D eigenvalue weighted by atomic mass is 19.2. The van der Waals surface area contributed by atoms with Crippen LogP contribution >= 0.6 is 0 Å².